The highest BCUT2D eigenvalue weighted by molar-refractivity contribution is 9.10. The molecule has 132 valence electrons. The smallest absolute Gasteiger partial charge is 0.194 e. The summed E-state index contributed by atoms with van der Waals surface area (Å²) in [5.74, 6) is 0.823. The molecule has 4 nitrogen and oxygen atoms in total. The van der Waals surface area contributed by atoms with Crippen LogP contribution in [0.15, 0.2) is 58.6 Å². The van der Waals surface area contributed by atoms with Crippen molar-refractivity contribution in [3.05, 3.63) is 70.0 Å². The van der Waals surface area contributed by atoms with Crippen LogP contribution in [0.1, 0.15) is 5.56 Å². The third-order valence-corrected chi connectivity index (χ3v) is 5.21. The molecule has 0 atom stereocenters. The zero-order chi connectivity index (χ0) is 18.1. The van der Waals surface area contributed by atoms with Crippen LogP contribution in [-0.2, 0) is 6.61 Å². The normalized spacial score (nSPS) is 11.0. The van der Waals surface area contributed by atoms with E-state index < -0.39 is 0 Å². The van der Waals surface area contributed by atoms with Gasteiger partial charge in [0.05, 0.1) is 12.8 Å². The predicted octanol–water partition coefficient (Wildman–Crippen LogP) is 5.55. The Morgan fingerprint density at radius 1 is 1.19 bits per heavy atom. The first-order valence-electron chi connectivity index (χ1n) is 7.81. The molecule has 2 heterocycles. The minimum Gasteiger partial charge on any atom is -0.493 e. The van der Waals surface area contributed by atoms with Gasteiger partial charge >= 0.3 is 0 Å². The number of hydrogen-bond donors (Lipinski definition) is 0. The summed E-state index contributed by atoms with van der Waals surface area (Å²) in [6, 6.07) is 10.5. The molecule has 0 N–H and O–H groups in total. The molecular formula is C19H14BrFN2O2S. The molecule has 4 rings (SSSR count). The Hall–Kier alpha value is -2.38. The Balaban J connectivity index is 1.58. The fourth-order valence-electron chi connectivity index (χ4n) is 2.61. The minimum atomic E-state index is -0.312. The van der Waals surface area contributed by atoms with Gasteiger partial charge in [-0.15, -0.1) is 11.3 Å². The largest absolute Gasteiger partial charge is 0.493 e. The van der Waals surface area contributed by atoms with Crippen LogP contribution in [0.3, 0.4) is 0 Å². The van der Waals surface area contributed by atoms with Gasteiger partial charge in [0.15, 0.2) is 16.5 Å². The number of benzene rings is 2. The lowest BCUT2D eigenvalue weighted by Gasteiger charge is -2.12. The van der Waals surface area contributed by atoms with E-state index in [9.17, 15) is 4.39 Å². The molecule has 0 fully saturated rings. The van der Waals surface area contributed by atoms with Crippen LogP contribution in [-0.4, -0.2) is 16.5 Å². The number of halogens is 2. The van der Waals surface area contributed by atoms with Crippen molar-refractivity contribution in [3.63, 3.8) is 0 Å². The number of aromatic nitrogens is 2. The summed E-state index contributed by atoms with van der Waals surface area (Å²) in [6.07, 6.45) is 3.94. The van der Waals surface area contributed by atoms with Gasteiger partial charge in [-0.1, -0.05) is 22.0 Å². The molecule has 0 unspecified atom stereocenters. The van der Waals surface area contributed by atoms with Crippen molar-refractivity contribution >= 4 is 32.2 Å². The summed E-state index contributed by atoms with van der Waals surface area (Å²) in [6.45, 7) is 0.120. The summed E-state index contributed by atoms with van der Waals surface area (Å²) in [5.41, 5.74) is 2.27. The number of hydrogen-bond acceptors (Lipinski definition) is 4. The molecular weight excluding hydrogens is 419 g/mol. The summed E-state index contributed by atoms with van der Waals surface area (Å²) in [7, 11) is 1.58. The maximum Gasteiger partial charge on any atom is 0.194 e. The van der Waals surface area contributed by atoms with Gasteiger partial charge < -0.3 is 9.47 Å². The van der Waals surface area contributed by atoms with E-state index in [1.165, 1.54) is 6.07 Å². The van der Waals surface area contributed by atoms with Crippen molar-refractivity contribution in [2.24, 2.45) is 0 Å². The van der Waals surface area contributed by atoms with Crippen LogP contribution >= 0.6 is 27.3 Å². The van der Waals surface area contributed by atoms with Gasteiger partial charge in [0, 0.05) is 33.4 Å². The van der Waals surface area contributed by atoms with E-state index in [2.05, 4.69) is 20.9 Å². The first-order chi connectivity index (χ1) is 12.6. The Kier molecular flexibility index (Phi) is 4.65. The third-order valence-electron chi connectivity index (χ3n) is 3.95. The van der Waals surface area contributed by atoms with E-state index >= 15 is 0 Å². The van der Waals surface area contributed by atoms with Gasteiger partial charge in [-0.3, -0.25) is 4.40 Å². The SMILES string of the molecule is COc1cc(-c2cn3ccsc3n2)ccc1OCc1ccc(Br)cc1F. The predicted molar refractivity (Wildman–Crippen MR) is 103 cm³/mol. The Bertz CT molecular complexity index is 1050. The van der Waals surface area contributed by atoms with E-state index in [0.29, 0.717) is 21.5 Å². The molecule has 2 aromatic carbocycles. The van der Waals surface area contributed by atoms with Crippen LogP contribution in [0.5, 0.6) is 11.5 Å². The first-order valence-corrected chi connectivity index (χ1v) is 9.48. The number of fused-ring (bicyclic) bond motifs is 1. The fraction of sp³-hybridized carbons (Fsp3) is 0.105. The highest BCUT2D eigenvalue weighted by Crippen LogP contribution is 2.33. The van der Waals surface area contributed by atoms with Crippen LogP contribution in [0, 0.1) is 5.82 Å². The number of thiazole rings is 1. The van der Waals surface area contributed by atoms with Crippen molar-refractivity contribution < 1.29 is 13.9 Å². The van der Waals surface area contributed by atoms with Crippen molar-refractivity contribution in [3.8, 4) is 22.8 Å². The van der Waals surface area contributed by atoms with Gasteiger partial charge in [0.2, 0.25) is 0 Å². The van der Waals surface area contributed by atoms with Crippen LogP contribution < -0.4 is 9.47 Å². The summed E-state index contributed by atoms with van der Waals surface area (Å²) >= 11 is 4.83. The molecule has 0 saturated heterocycles. The number of ether oxygens (including phenoxy) is 2. The minimum absolute atomic E-state index is 0.120. The van der Waals surface area contributed by atoms with Crippen molar-refractivity contribution in [1.82, 2.24) is 9.38 Å². The van der Waals surface area contributed by atoms with E-state index in [-0.39, 0.29) is 12.4 Å². The second-order valence-electron chi connectivity index (χ2n) is 5.61. The second-order valence-corrected chi connectivity index (χ2v) is 7.40. The lowest BCUT2D eigenvalue weighted by atomic mass is 10.1. The number of nitrogens with zero attached hydrogens (tertiary/aromatic N) is 2. The summed E-state index contributed by atoms with van der Waals surface area (Å²) in [4.78, 5) is 5.53. The molecule has 4 aromatic rings. The molecule has 0 radical (unpaired) electrons. The molecule has 0 aliphatic carbocycles. The van der Waals surface area contributed by atoms with Gasteiger partial charge in [-0.05, 0) is 30.3 Å². The van der Waals surface area contributed by atoms with Crippen molar-refractivity contribution in [1.29, 1.82) is 0 Å². The Morgan fingerprint density at radius 2 is 2.08 bits per heavy atom. The first kappa shape index (κ1) is 17.1. The summed E-state index contributed by atoms with van der Waals surface area (Å²) in [5, 5.41) is 1.99. The second kappa shape index (κ2) is 7.09. The van der Waals surface area contributed by atoms with E-state index in [1.54, 1.807) is 30.6 Å². The molecule has 2 aromatic heterocycles. The molecule has 0 aliphatic heterocycles. The molecule has 7 heteroatoms. The molecule has 0 aliphatic rings. The Morgan fingerprint density at radius 3 is 2.85 bits per heavy atom. The van der Waals surface area contributed by atoms with E-state index in [1.807, 2.05) is 40.4 Å². The molecule has 0 bridgehead atoms. The lowest BCUT2D eigenvalue weighted by molar-refractivity contribution is 0.280. The van der Waals surface area contributed by atoms with Crippen molar-refractivity contribution in [2.75, 3.05) is 7.11 Å². The van der Waals surface area contributed by atoms with Crippen LogP contribution in [0.4, 0.5) is 4.39 Å². The average molecular weight is 433 g/mol. The highest BCUT2D eigenvalue weighted by atomic mass is 79.9. The number of methoxy groups -OCH3 is 1. The summed E-state index contributed by atoms with van der Waals surface area (Å²) < 4.78 is 27.8. The third kappa shape index (κ3) is 3.32. The molecule has 0 saturated carbocycles. The Labute approximate surface area is 162 Å². The topological polar surface area (TPSA) is 35.8 Å². The molecule has 26 heavy (non-hydrogen) atoms. The standard InChI is InChI=1S/C19H14BrFN2O2S/c1-24-18-8-12(16-10-23-6-7-26-19(23)22-16)3-5-17(18)25-11-13-2-4-14(20)9-15(13)21/h2-10H,11H2,1H3. The van der Waals surface area contributed by atoms with Gasteiger partial charge in [0.25, 0.3) is 0 Å². The maximum atomic E-state index is 13.9. The van der Waals surface area contributed by atoms with Gasteiger partial charge in [0.1, 0.15) is 12.4 Å². The number of rotatable bonds is 5. The van der Waals surface area contributed by atoms with Crippen LogP contribution in [0.25, 0.3) is 16.2 Å². The lowest BCUT2D eigenvalue weighted by Crippen LogP contribution is -2.00. The molecule has 0 spiro atoms. The zero-order valence-electron chi connectivity index (χ0n) is 13.8. The zero-order valence-corrected chi connectivity index (χ0v) is 16.2. The van der Waals surface area contributed by atoms with Crippen LogP contribution in [0.2, 0.25) is 0 Å². The van der Waals surface area contributed by atoms with E-state index in [4.69, 9.17) is 9.47 Å². The van der Waals surface area contributed by atoms with E-state index in [0.717, 1.165) is 16.2 Å². The highest BCUT2D eigenvalue weighted by Gasteiger charge is 2.11. The van der Waals surface area contributed by atoms with Crippen molar-refractivity contribution in [2.45, 2.75) is 6.61 Å². The number of imidazole rings is 1. The maximum absolute atomic E-state index is 13.9. The monoisotopic (exact) mass is 432 g/mol. The molecule has 0 amide bonds. The average Bonchev–Trinajstić information content (AvgIpc) is 3.23. The quantitative estimate of drug-likeness (QED) is 0.414. The van der Waals surface area contributed by atoms with Gasteiger partial charge in [-0.2, -0.15) is 0 Å². The fourth-order valence-corrected chi connectivity index (χ4v) is 3.64. The van der Waals surface area contributed by atoms with Gasteiger partial charge in [-0.25, -0.2) is 9.37 Å².